The number of nitrogens with one attached hydrogen (secondary N) is 2. The Morgan fingerprint density at radius 2 is 2.04 bits per heavy atom. The summed E-state index contributed by atoms with van der Waals surface area (Å²) in [4.78, 5) is 20.9. The van der Waals surface area contributed by atoms with Crippen LogP contribution in [0.25, 0.3) is 5.57 Å². The quantitative estimate of drug-likeness (QED) is 0.771. The standard InChI is InChI=1S/C19H20N4O4S/c1-27-17-9-4-3-8-15(17)16-11-18(21-12-20-16)22-19(24)13-6-5-7-14(10-13)23-28(2,25)26/h3,5-8,10-12,23H,4,9H2,1-2H3,(H,20,21,22,24). The fourth-order valence-corrected chi connectivity index (χ4v) is 3.34. The Kier molecular flexibility index (Phi) is 5.74. The van der Waals surface area contributed by atoms with E-state index >= 15 is 0 Å². The number of ether oxygens (including phenoxy) is 1. The number of rotatable bonds is 6. The monoisotopic (exact) mass is 400 g/mol. The summed E-state index contributed by atoms with van der Waals surface area (Å²) in [6.45, 7) is 0. The molecule has 1 aromatic carbocycles. The first-order chi connectivity index (χ1) is 13.4. The first-order valence-electron chi connectivity index (χ1n) is 8.51. The van der Waals surface area contributed by atoms with Gasteiger partial charge in [-0.05, 0) is 24.6 Å². The Balaban J connectivity index is 1.81. The van der Waals surface area contributed by atoms with Gasteiger partial charge in [0.25, 0.3) is 5.91 Å². The zero-order valence-corrected chi connectivity index (χ0v) is 16.3. The van der Waals surface area contributed by atoms with Crippen molar-refractivity contribution in [1.82, 2.24) is 9.97 Å². The predicted octanol–water partition coefficient (Wildman–Crippen LogP) is 2.81. The number of carbonyl (C=O) groups excluding carboxylic acids is 1. The van der Waals surface area contributed by atoms with Crippen LogP contribution < -0.4 is 10.0 Å². The maximum atomic E-state index is 12.5. The Bertz CT molecular complexity index is 1060. The molecular weight excluding hydrogens is 380 g/mol. The average molecular weight is 400 g/mol. The second-order valence-electron chi connectivity index (χ2n) is 6.18. The molecule has 1 heterocycles. The summed E-state index contributed by atoms with van der Waals surface area (Å²) in [6, 6.07) is 7.86. The molecule has 9 heteroatoms. The lowest BCUT2D eigenvalue weighted by molar-refractivity contribution is 0.102. The number of allylic oxidation sites excluding steroid dienone is 4. The van der Waals surface area contributed by atoms with Crippen LogP contribution in [-0.4, -0.2) is 37.7 Å². The van der Waals surface area contributed by atoms with Gasteiger partial charge in [-0.15, -0.1) is 0 Å². The summed E-state index contributed by atoms with van der Waals surface area (Å²) in [5.41, 5.74) is 2.10. The maximum Gasteiger partial charge on any atom is 0.256 e. The highest BCUT2D eigenvalue weighted by Gasteiger charge is 2.14. The lowest BCUT2D eigenvalue weighted by atomic mass is 10.0. The molecule has 28 heavy (non-hydrogen) atoms. The van der Waals surface area contributed by atoms with Crippen LogP contribution in [0.15, 0.2) is 54.6 Å². The highest BCUT2D eigenvalue weighted by molar-refractivity contribution is 7.92. The van der Waals surface area contributed by atoms with Gasteiger partial charge in [-0.2, -0.15) is 0 Å². The van der Waals surface area contributed by atoms with E-state index in [1.807, 2.05) is 12.2 Å². The summed E-state index contributed by atoms with van der Waals surface area (Å²) >= 11 is 0. The van der Waals surface area contributed by atoms with Gasteiger partial charge < -0.3 is 10.1 Å². The van der Waals surface area contributed by atoms with Crippen LogP contribution in [0.1, 0.15) is 28.9 Å². The average Bonchev–Trinajstić information content (AvgIpc) is 2.67. The molecule has 0 aliphatic heterocycles. The molecule has 0 spiro atoms. The number of carbonyl (C=O) groups is 1. The Morgan fingerprint density at radius 1 is 1.21 bits per heavy atom. The second-order valence-corrected chi connectivity index (χ2v) is 7.93. The van der Waals surface area contributed by atoms with E-state index in [1.54, 1.807) is 31.4 Å². The molecular formula is C19H20N4O4S. The third-order valence-electron chi connectivity index (χ3n) is 3.98. The van der Waals surface area contributed by atoms with E-state index in [-0.39, 0.29) is 0 Å². The molecule has 1 aliphatic carbocycles. The summed E-state index contributed by atoms with van der Waals surface area (Å²) in [5, 5.41) is 2.71. The number of sulfonamides is 1. The molecule has 146 valence electrons. The highest BCUT2D eigenvalue weighted by Crippen LogP contribution is 2.27. The van der Waals surface area contributed by atoms with E-state index in [9.17, 15) is 13.2 Å². The molecule has 0 radical (unpaired) electrons. The largest absolute Gasteiger partial charge is 0.500 e. The number of hydrogen-bond donors (Lipinski definition) is 2. The van der Waals surface area contributed by atoms with Gasteiger partial charge in [0.05, 0.1) is 19.1 Å². The number of aromatic nitrogens is 2. The van der Waals surface area contributed by atoms with Crippen molar-refractivity contribution in [2.24, 2.45) is 0 Å². The number of amides is 1. The van der Waals surface area contributed by atoms with E-state index in [1.165, 1.54) is 12.4 Å². The van der Waals surface area contributed by atoms with Crippen molar-refractivity contribution in [3.63, 3.8) is 0 Å². The zero-order chi connectivity index (χ0) is 20.1. The van der Waals surface area contributed by atoms with Crippen molar-refractivity contribution in [3.05, 3.63) is 65.8 Å². The molecule has 0 saturated carbocycles. The van der Waals surface area contributed by atoms with E-state index in [0.717, 1.165) is 30.4 Å². The molecule has 0 atom stereocenters. The van der Waals surface area contributed by atoms with Gasteiger partial charge in [0, 0.05) is 29.3 Å². The number of nitrogens with zero attached hydrogens (tertiary/aromatic N) is 2. The fraction of sp³-hybridized carbons (Fsp3) is 0.211. The van der Waals surface area contributed by atoms with Gasteiger partial charge in [0.2, 0.25) is 10.0 Å². The second kappa shape index (κ2) is 8.22. The SMILES string of the molecule is COC1=C(c2cc(NC(=O)c3cccc(NS(C)(=O)=O)c3)ncn2)C=CCC1. The topological polar surface area (TPSA) is 110 Å². The smallest absolute Gasteiger partial charge is 0.256 e. The molecule has 1 aromatic heterocycles. The van der Waals surface area contributed by atoms with Crippen molar-refractivity contribution >= 4 is 33.0 Å². The van der Waals surface area contributed by atoms with Gasteiger partial charge in [0.1, 0.15) is 17.9 Å². The first kappa shape index (κ1) is 19.6. The highest BCUT2D eigenvalue weighted by atomic mass is 32.2. The van der Waals surface area contributed by atoms with Gasteiger partial charge >= 0.3 is 0 Å². The Morgan fingerprint density at radius 3 is 2.79 bits per heavy atom. The number of hydrogen-bond acceptors (Lipinski definition) is 6. The van der Waals surface area contributed by atoms with E-state index < -0.39 is 15.9 Å². The zero-order valence-electron chi connectivity index (χ0n) is 15.5. The van der Waals surface area contributed by atoms with Crippen molar-refractivity contribution in [2.45, 2.75) is 12.8 Å². The Labute approximate surface area is 163 Å². The van der Waals surface area contributed by atoms with Crippen LogP contribution in [0.2, 0.25) is 0 Å². The van der Waals surface area contributed by atoms with Gasteiger partial charge in [-0.1, -0.05) is 18.2 Å². The molecule has 2 N–H and O–H groups in total. The van der Waals surface area contributed by atoms with Crippen LogP contribution in [0.3, 0.4) is 0 Å². The minimum absolute atomic E-state index is 0.295. The molecule has 1 aliphatic rings. The van der Waals surface area contributed by atoms with Crippen molar-refractivity contribution in [2.75, 3.05) is 23.4 Å². The van der Waals surface area contributed by atoms with Gasteiger partial charge in [0.15, 0.2) is 0 Å². The summed E-state index contributed by atoms with van der Waals surface area (Å²) in [5.74, 6) is 0.748. The van der Waals surface area contributed by atoms with Crippen LogP contribution >= 0.6 is 0 Å². The van der Waals surface area contributed by atoms with Crippen LogP contribution in [0.5, 0.6) is 0 Å². The maximum absolute atomic E-state index is 12.5. The molecule has 3 rings (SSSR count). The summed E-state index contributed by atoms with van der Waals surface area (Å²) in [7, 11) is -1.81. The third-order valence-corrected chi connectivity index (χ3v) is 4.59. The molecule has 0 saturated heterocycles. The van der Waals surface area contributed by atoms with Crippen molar-refractivity contribution in [3.8, 4) is 0 Å². The lowest BCUT2D eigenvalue weighted by Gasteiger charge is -2.14. The molecule has 1 amide bonds. The van der Waals surface area contributed by atoms with E-state index in [2.05, 4.69) is 20.0 Å². The molecule has 0 unspecified atom stereocenters. The van der Waals surface area contributed by atoms with Crippen LogP contribution in [-0.2, 0) is 14.8 Å². The number of methoxy groups -OCH3 is 1. The minimum atomic E-state index is -3.43. The first-order valence-corrected chi connectivity index (χ1v) is 10.4. The van der Waals surface area contributed by atoms with Gasteiger partial charge in [-0.25, -0.2) is 18.4 Å². The number of anilines is 2. The van der Waals surface area contributed by atoms with Crippen molar-refractivity contribution < 1.29 is 17.9 Å². The van der Waals surface area contributed by atoms with E-state index in [0.29, 0.717) is 22.8 Å². The van der Waals surface area contributed by atoms with Crippen molar-refractivity contribution in [1.29, 1.82) is 0 Å². The van der Waals surface area contributed by atoms with Crippen LogP contribution in [0.4, 0.5) is 11.5 Å². The van der Waals surface area contributed by atoms with E-state index in [4.69, 9.17) is 4.74 Å². The molecule has 2 aromatic rings. The minimum Gasteiger partial charge on any atom is -0.500 e. The Hall–Kier alpha value is -3.20. The third kappa shape index (κ3) is 4.95. The molecule has 8 nitrogen and oxygen atoms in total. The molecule has 0 fully saturated rings. The van der Waals surface area contributed by atoms with Crippen LogP contribution in [0, 0.1) is 0 Å². The number of benzene rings is 1. The van der Waals surface area contributed by atoms with Gasteiger partial charge in [-0.3, -0.25) is 9.52 Å². The lowest BCUT2D eigenvalue weighted by Crippen LogP contribution is -2.15. The fourth-order valence-electron chi connectivity index (χ4n) is 2.78. The summed E-state index contributed by atoms with van der Waals surface area (Å²) in [6.07, 6.45) is 8.09. The normalized spacial score (nSPS) is 13.9. The predicted molar refractivity (Wildman–Crippen MR) is 107 cm³/mol. The summed E-state index contributed by atoms with van der Waals surface area (Å²) < 4.78 is 30.5. The molecule has 0 bridgehead atoms.